The van der Waals surface area contributed by atoms with Crippen molar-refractivity contribution in [2.45, 2.75) is 59.3 Å². The van der Waals surface area contributed by atoms with Gasteiger partial charge in [-0.2, -0.15) is 0 Å². The van der Waals surface area contributed by atoms with Crippen molar-refractivity contribution in [1.82, 2.24) is 15.1 Å². The van der Waals surface area contributed by atoms with Gasteiger partial charge in [-0.05, 0) is 99.1 Å². The molecule has 2 fully saturated rings. The van der Waals surface area contributed by atoms with E-state index in [1.807, 2.05) is 6.08 Å². The van der Waals surface area contributed by atoms with Crippen LogP contribution in [0, 0.1) is 18.3 Å². The first-order chi connectivity index (χ1) is 18.3. The summed E-state index contributed by atoms with van der Waals surface area (Å²) in [7, 11) is 2.13. The average Bonchev–Trinajstić information content (AvgIpc) is 3.76. The largest absolute Gasteiger partial charge is 0.375 e. The van der Waals surface area contributed by atoms with Crippen LogP contribution in [0.2, 0.25) is 0 Å². The zero-order valence-electron chi connectivity index (χ0n) is 24.2. The number of nitrogens with one attached hydrogen (secondary N) is 1. The molecule has 2 aliphatic carbocycles. The van der Waals surface area contributed by atoms with Crippen LogP contribution in [0.3, 0.4) is 0 Å². The topological polar surface area (TPSA) is 18.5 Å². The van der Waals surface area contributed by atoms with E-state index in [4.69, 9.17) is 0 Å². The third-order valence-electron chi connectivity index (χ3n) is 8.96. The summed E-state index contributed by atoms with van der Waals surface area (Å²) in [6.07, 6.45) is 18.5. The fraction of sp³-hybridized carbons (Fsp3) is 0.429. The number of hydrogen-bond donors (Lipinski definition) is 1. The van der Waals surface area contributed by atoms with Crippen LogP contribution in [0.5, 0.6) is 0 Å². The minimum Gasteiger partial charge on any atom is -0.375 e. The van der Waals surface area contributed by atoms with Crippen LogP contribution in [0.1, 0.15) is 63.5 Å². The lowest BCUT2D eigenvalue weighted by Crippen LogP contribution is -2.40. The lowest BCUT2D eigenvalue weighted by atomic mass is 9.86. The lowest BCUT2D eigenvalue weighted by Gasteiger charge is -2.39. The minimum absolute atomic E-state index is 0.226. The highest BCUT2D eigenvalue weighted by atomic mass is 15.2. The van der Waals surface area contributed by atoms with Crippen molar-refractivity contribution in [2.24, 2.45) is 11.3 Å². The summed E-state index contributed by atoms with van der Waals surface area (Å²) < 4.78 is 0. The third-order valence-corrected chi connectivity index (χ3v) is 8.96. The van der Waals surface area contributed by atoms with Gasteiger partial charge < -0.3 is 15.1 Å². The molecule has 38 heavy (non-hydrogen) atoms. The van der Waals surface area contributed by atoms with Gasteiger partial charge in [0.25, 0.3) is 0 Å². The van der Waals surface area contributed by atoms with Gasteiger partial charge in [-0.3, -0.25) is 0 Å². The predicted octanol–water partition coefficient (Wildman–Crippen LogP) is 8.13. The second kappa shape index (κ2) is 12.1. The number of likely N-dealkylation sites (tertiary alicyclic amines) is 1. The minimum atomic E-state index is 0.226. The molecular weight excluding hydrogens is 462 g/mol. The fourth-order valence-electron chi connectivity index (χ4n) is 5.83. The molecule has 1 aromatic carbocycles. The summed E-state index contributed by atoms with van der Waals surface area (Å²) in [5, 5.41) is 3.81. The summed E-state index contributed by atoms with van der Waals surface area (Å²) in [6, 6.07) is 8.46. The maximum Gasteiger partial charge on any atom is 0.106 e. The Kier molecular flexibility index (Phi) is 8.87. The molecular formula is C35H47N3. The van der Waals surface area contributed by atoms with Gasteiger partial charge in [0, 0.05) is 43.5 Å². The smallest absolute Gasteiger partial charge is 0.106 e. The molecule has 0 radical (unpaired) electrons. The molecule has 0 amide bonds. The molecule has 1 aromatic rings. The van der Waals surface area contributed by atoms with E-state index in [9.17, 15) is 0 Å². The Morgan fingerprint density at radius 1 is 1.13 bits per heavy atom. The van der Waals surface area contributed by atoms with Gasteiger partial charge in [0.1, 0.15) is 5.82 Å². The molecule has 0 unspecified atom stereocenters. The van der Waals surface area contributed by atoms with Gasteiger partial charge in [-0.25, -0.2) is 0 Å². The van der Waals surface area contributed by atoms with Crippen LogP contribution in [-0.4, -0.2) is 36.5 Å². The molecule has 0 spiro atoms. The second-order valence-corrected chi connectivity index (χ2v) is 11.4. The van der Waals surface area contributed by atoms with Crippen molar-refractivity contribution in [2.75, 3.05) is 26.7 Å². The zero-order chi connectivity index (χ0) is 27.3. The Balaban J connectivity index is 1.41. The zero-order valence-corrected chi connectivity index (χ0v) is 24.2. The first-order valence-electron chi connectivity index (χ1n) is 14.3. The van der Waals surface area contributed by atoms with Crippen molar-refractivity contribution in [3.8, 4) is 0 Å². The molecule has 0 bridgehead atoms. The van der Waals surface area contributed by atoms with E-state index in [1.165, 1.54) is 72.2 Å². The van der Waals surface area contributed by atoms with Gasteiger partial charge in [-0.15, -0.1) is 0 Å². The Morgan fingerprint density at radius 2 is 1.84 bits per heavy atom. The van der Waals surface area contributed by atoms with Crippen molar-refractivity contribution in [1.29, 1.82) is 0 Å². The van der Waals surface area contributed by atoms with E-state index in [-0.39, 0.29) is 5.41 Å². The van der Waals surface area contributed by atoms with Gasteiger partial charge in [-0.1, -0.05) is 68.3 Å². The quantitative estimate of drug-likeness (QED) is 0.304. The Bertz CT molecular complexity index is 1180. The second-order valence-electron chi connectivity index (χ2n) is 11.4. The molecule has 202 valence electrons. The Hall–Kier alpha value is -3.20. The molecule has 1 aliphatic heterocycles. The van der Waals surface area contributed by atoms with Crippen LogP contribution in [0.25, 0.3) is 5.57 Å². The van der Waals surface area contributed by atoms with E-state index >= 15 is 0 Å². The molecule has 1 saturated carbocycles. The number of benzene rings is 1. The third kappa shape index (κ3) is 6.09. The van der Waals surface area contributed by atoms with Gasteiger partial charge in [0.15, 0.2) is 0 Å². The maximum atomic E-state index is 4.62. The van der Waals surface area contributed by atoms with Crippen molar-refractivity contribution in [3.05, 3.63) is 114 Å². The molecule has 0 aromatic heterocycles. The van der Waals surface area contributed by atoms with E-state index in [0.717, 1.165) is 31.0 Å². The molecule has 1 saturated heterocycles. The first kappa shape index (κ1) is 27.8. The molecule has 1 N–H and O–H groups in total. The summed E-state index contributed by atoms with van der Waals surface area (Å²) in [5.74, 6) is 1.72. The van der Waals surface area contributed by atoms with Crippen LogP contribution < -0.4 is 5.32 Å². The Morgan fingerprint density at radius 3 is 2.45 bits per heavy atom. The summed E-state index contributed by atoms with van der Waals surface area (Å²) >= 11 is 0. The molecule has 0 atom stereocenters. The molecule has 1 heterocycles. The van der Waals surface area contributed by atoms with Gasteiger partial charge >= 0.3 is 0 Å². The number of hydrogen-bond acceptors (Lipinski definition) is 3. The number of nitrogens with zero attached hydrogens (tertiary/aromatic N) is 2. The normalized spacial score (nSPS) is 19.8. The maximum absolute atomic E-state index is 4.62. The van der Waals surface area contributed by atoms with E-state index in [2.05, 4.69) is 111 Å². The molecule has 3 aliphatic rings. The summed E-state index contributed by atoms with van der Waals surface area (Å²) in [5.41, 5.74) is 8.90. The van der Waals surface area contributed by atoms with Crippen molar-refractivity contribution < 1.29 is 0 Å². The Labute approximate surface area is 231 Å². The van der Waals surface area contributed by atoms with Crippen molar-refractivity contribution in [3.63, 3.8) is 0 Å². The van der Waals surface area contributed by atoms with Gasteiger partial charge in [0.2, 0.25) is 0 Å². The standard InChI is InChI=1S/C35H47N3/c1-8-26(2)29(5)37(7)34(24-28(4)33-17-13-12-14-27(33)3)36-25-31-18-22-38(23-19-31)30(6)35(20-21-35)32-15-10-9-11-16-32/h8,10,12-17,24,31,36H,1,4,6,9,11,18-23,25H2,2-3,5,7H3/b29-26-,34-24-. The van der Waals surface area contributed by atoms with Gasteiger partial charge in [0.05, 0.1) is 0 Å². The van der Waals surface area contributed by atoms with Crippen molar-refractivity contribution >= 4 is 5.57 Å². The highest BCUT2D eigenvalue weighted by molar-refractivity contribution is 5.74. The van der Waals surface area contributed by atoms with E-state index in [0.29, 0.717) is 5.92 Å². The fourth-order valence-corrected chi connectivity index (χ4v) is 5.83. The predicted molar refractivity (Wildman–Crippen MR) is 164 cm³/mol. The average molecular weight is 510 g/mol. The highest BCUT2D eigenvalue weighted by Crippen LogP contribution is 2.59. The highest BCUT2D eigenvalue weighted by Gasteiger charge is 2.49. The van der Waals surface area contributed by atoms with E-state index in [1.54, 1.807) is 0 Å². The van der Waals surface area contributed by atoms with Crippen LogP contribution in [0.4, 0.5) is 0 Å². The van der Waals surface area contributed by atoms with Crippen LogP contribution >= 0.6 is 0 Å². The SMILES string of the molecule is C=C/C(C)=C(/C)N(C)/C(=C\C(=C)c1ccccc1C)NCC1CCN(C(=C)C2(C3=CCCC=C3)CC2)CC1. The number of aryl methyl sites for hydroxylation is 1. The lowest BCUT2D eigenvalue weighted by molar-refractivity contribution is 0.206. The molecule has 3 nitrogen and oxygen atoms in total. The molecule has 3 heteroatoms. The molecule has 4 rings (SSSR count). The first-order valence-corrected chi connectivity index (χ1v) is 14.3. The number of allylic oxidation sites excluding steroid dienone is 9. The number of rotatable bonds is 11. The van der Waals surface area contributed by atoms with Crippen LogP contribution in [0.15, 0.2) is 103 Å². The summed E-state index contributed by atoms with van der Waals surface area (Å²) in [6.45, 7) is 22.6. The number of piperidine rings is 1. The van der Waals surface area contributed by atoms with E-state index < -0.39 is 0 Å². The summed E-state index contributed by atoms with van der Waals surface area (Å²) in [4.78, 5) is 4.82. The van der Waals surface area contributed by atoms with Crippen LogP contribution in [-0.2, 0) is 0 Å². The monoisotopic (exact) mass is 509 g/mol.